The van der Waals surface area contributed by atoms with Crippen molar-refractivity contribution in [1.82, 2.24) is 0 Å². The van der Waals surface area contributed by atoms with E-state index in [-0.39, 0.29) is 65.4 Å². The summed E-state index contributed by atoms with van der Waals surface area (Å²) in [6, 6.07) is 18.3. The molecule has 0 bridgehead atoms. The van der Waals surface area contributed by atoms with Crippen molar-refractivity contribution in [2.45, 2.75) is 45.4 Å². The first-order chi connectivity index (χ1) is 11.7. The Kier molecular flexibility index (Phi) is 16.1. The molecule has 2 aromatic rings. The largest absolute Gasteiger partial charge is 0.449 e. The Hall–Kier alpha value is 0.0478. The number of nitrogens with one attached hydrogen (secondary N) is 2. The maximum atomic E-state index is 5.64. The molecule has 136 valence electrons. The van der Waals surface area contributed by atoms with Crippen LogP contribution in [0.15, 0.2) is 36.4 Å². The van der Waals surface area contributed by atoms with Gasteiger partial charge in [-0.2, -0.15) is 35.9 Å². The third kappa shape index (κ3) is 11.7. The minimum absolute atomic E-state index is 0. The topological polar surface area (TPSA) is 50.1 Å². The summed E-state index contributed by atoms with van der Waals surface area (Å²) in [6.45, 7) is 4.13. The van der Waals surface area contributed by atoms with Crippen LogP contribution in [0.4, 0.5) is 17.1 Å². The molecule has 0 heterocycles. The number of aryl methyl sites for hydroxylation is 1. The molecule has 3 nitrogen and oxygen atoms in total. The van der Waals surface area contributed by atoms with Gasteiger partial charge in [0, 0.05) is 78.5 Å². The van der Waals surface area contributed by atoms with Crippen LogP contribution in [-0.4, -0.2) is 13.1 Å². The van der Waals surface area contributed by atoms with Crippen molar-refractivity contribution in [1.29, 1.82) is 0 Å². The normalized spacial score (nSPS) is 9.73. The van der Waals surface area contributed by atoms with Gasteiger partial charge in [-0.05, 0) is 12.8 Å². The average molecular weight is 501 g/mol. The molecular formula is C21H29N3Y2-2. The summed E-state index contributed by atoms with van der Waals surface area (Å²) < 4.78 is 0. The van der Waals surface area contributed by atoms with E-state index in [1.54, 1.807) is 0 Å². The molecule has 5 heteroatoms. The number of nitrogen functional groups attached to an aromatic ring is 1. The molecular weight excluding hydrogens is 472 g/mol. The van der Waals surface area contributed by atoms with Crippen molar-refractivity contribution in [3.63, 3.8) is 0 Å². The maximum Gasteiger partial charge on any atom is 0.0125 e. The quantitative estimate of drug-likeness (QED) is 0.230. The Balaban J connectivity index is 0.00000312. The molecule has 0 fully saturated rings. The number of nitrogens with two attached hydrogens (primary N) is 1. The zero-order valence-electron chi connectivity index (χ0n) is 15.9. The van der Waals surface area contributed by atoms with Gasteiger partial charge in [0.15, 0.2) is 0 Å². The van der Waals surface area contributed by atoms with E-state index in [1.807, 2.05) is 24.3 Å². The van der Waals surface area contributed by atoms with Crippen LogP contribution in [0, 0.1) is 19.1 Å². The van der Waals surface area contributed by atoms with Crippen molar-refractivity contribution in [3.05, 3.63) is 54.1 Å². The Morgan fingerprint density at radius 3 is 1.69 bits per heavy atom. The van der Waals surface area contributed by atoms with E-state index in [4.69, 9.17) is 5.73 Å². The molecule has 0 saturated heterocycles. The third-order valence-corrected chi connectivity index (χ3v) is 4.04. The van der Waals surface area contributed by atoms with Crippen LogP contribution < -0.4 is 16.4 Å². The van der Waals surface area contributed by atoms with Gasteiger partial charge in [0.1, 0.15) is 0 Å². The van der Waals surface area contributed by atoms with Gasteiger partial charge in [0.2, 0.25) is 0 Å². The van der Waals surface area contributed by atoms with E-state index in [2.05, 4.69) is 41.8 Å². The number of unbranched alkanes of at least 4 members (excludes halogenated alkanes) is 5. The van der Waals surface area contributed by atoms with Gasteiger partial charge in [-0.15, -0.1) is 18.2 Å². The second-order valence-corrected chi connectivity index (χ2v) is 6.29. The number of rotatable bonds is 11. The minimum Gasteiger partial charge on any atom is -0.449 e. The Bertz CT molecular complexity index is 517. The minimum atomic E-state index is 0. The zero-order valence-corrected chi connectivity index (χ0v) is 21.5. The van der Waals surface area contributed by atoms with Crippen LogP contribution in [0.2, 0.25) is 0 Å². The SMILES string of the molecule is Cc1c[c-]c(NCCCCCCCCNc2[c-]cc(N)cc2)cc1.[Y].[Y]. The maximum absolute atomic E-state index is 5.64. The van der Waals surface area contributed by atoms with E-state index in [0.29, 0.717) is 0 Å². The molecule has 0 aliphatic carbocycles. The molecule has 0 amide bonds. The molecule has 26 heavy (non-hydrogen) atoms. The Morgan fingerprint density at radius 1 is 0.731 bits per heavy atom. The fraction of sp³-hybridized carbons (Fsp3) is 0.429. The van der Waals surface area contributed by atoms with Gasteiger partial charge in [-0.25, -0.2) is 0 Å². The molecule has 2 radical (unpaired) electrons. The molecule has 0 aromatic heterocycles. The van der Waals surface area contributed by atoms with Gasteiger partial charge >= 0.3 is 0 Å². The van der Waals surface area contributed by atoms with Crippen LogP contribution in [0.1, 0.15) is 44.1 Å². The fourth-order valence-electron chi connectivity index (χ4n) is 2.56. The van der Waals surface area contributed by atoms with E-state index in [9.17, 15) is 0 Å². The van der Waals surface area contributed by atoms with E-state index < -0.39 is 0 Å². The number of hydrogen-bond donors (Lipinski definition) is 3. The molecule has 0 unspecified atom stereocenters. The molecule has 2 aromatic carbocycles. The molecule has 0 atom stereocenters. The van der Waals surface area contributed by atoms with Crippen molar-refractivity contribution >= 4 is 17.1 Å². The standard InChI is InChI=1S/C21H29N3.2Y/c1-18-8-12-20(13-9-18)23-16-6-4-2-3-5-7-17-24-21-14-10-19(22)11-15-21;;/h8-12,14,23-24H,2-7,16-17,22H2,1H3;;/q-2;;. The first-order valence-corrected chi connectivity index (χ1v) is 8.97. The second kappa shape index (κ2) is 16.0. The summed E-state index contributed by atoms with van der Waals surface area (Å²) in [6.07, 6.45) is 7.62. The summed E-state index contributed by atoms with van der Waals surface area (Å²) in [7, 11) is 0. The van der Waals surface area contributed by atoms with E-state index in [0.717, 1.165) is 30.2 Å². The first kappa shape index (κ1) is 26.0. The van der Waals surface area contributed by atoms with Crippen molar-refractivity contribution in [3.8, 4) is 0 Å². The van der Waals surface area contributed by atoms with Gasteiger partial charge in [0.05, 0.1) is 0 Å². The van der Waals surface area contributed by atoms with Gasteiger partial charge in [-0.3, -0.25) is 0 Å². The molecule has 2 rings (SSSR count). The van der Waals surface area contributed by atoms with Crippen LogP contribution in [0.3, 0.4) is 0 Å². The number of anilines is 3. The smallest absolute Gasteiger partial charge is 0.0125 e. The second-order valence-electron chi connectivity index (χ2n) is 6.29. The van der Waals surface area contributed by atoms with Gasteiger partial charge in [0.25, 0.3) is 0 Å². The predicted molar refractivity (Wildman–Crippen MR) is 104 cm³/mol. The summed E-state index contributed by atoms with van der Waals surface area (Å²) >= 11 is 0. The Morgan fingerprint density at radius 2 is 1.23 bits per heavy atom. The summed E-state index contributed by atoms with van der Waals surface area (Å²) in [4.78, 5) is 0. The monoisotopic (exact) mass is 501 g/mol. The van der Waals surface area contributed by atoms with E-state index >= 15 is 0 Å². The molecule has 0 aliphatic rings. The summed E-state index contributed by atoms with van der Waals surface area (Å²) in [5.74, 6) is 0. The van der Waals surface area contributed by atoms with Gasteiger partial charge < -0.3 is 16.4 Å². The number of hydrogen-bond acceptors (Lipinski definition) is 3. The first-order valence-electron chi connectivity index (χ1n) is 8.97. The Labute approximate surface area is 209 Å². The van der Waals surface area contributed by atoms with Gasteiger partial charge in [-0.1, -0.05) is 49.7 Å². The molecule has 4 N–H and O–H groups in total. The average Bonchev–Trinajstić information content (AvgIpc) is 2.60. The molecule has 0 saturated carbocycles. The molecule has 0 aliphatic heterocycles. The van der Waals surface area contributed by atoms with Crippen molar-refractivity contribution < 1.29 is 65.4 Å². The van der Waals surface area contributed by atoms with Crippen molar-refractivity contribution in [2.75, 3.05) is 29.5 Å². The van der Waals surface area contributed by atoms with Crippen molar-refractivity contribution in [2.24, 2.45) is 0 Å². The zero-order chi connectivity index (χ0) is 17.0. The van der Waals surface area contributed by atoms with Crippen LogP contribution >= 0.6 is 0 Å². The van der Waals surface area contributed by atoms with Crippen LogP contribution in [-0.2, 0) is 65.4 Å². The number of benzene rings is 2. The van der Waals surface area contributed by atoms with Crippen LogP contribution in [0.25, 0.3) is 0 Å². The third-order valence-electron chi connectivity index (χ3n) is 4.04. The summed E-state index contributed by atoms with van der Waals surface area (Å²) in [5, 5.41) is 6.81. The predicted octanol–water partition coefficient (Wildman–Crippen LogP) is 5.04. The van der Waals surface area contributed by atoms with E-state index in [1.165, 1.54) is 44.1 Å². The summed E-state index contributed by atoms with van der Waals surface area (Å²) in [5.41, 5.74) is 9.79. The fourth-order valence-corrected chi connectivity index (χ4v) is 2.56. The van der Waals surface area contributed by atoms with Crippen LogP contribution in [0.5, 0.6) is 0 Å². The molecule has 0 spiro atoms.